The van der Waals surface area contributed by atoms with Gasteiger partial charge in [-0.25, -0.2) is 9.37 Å². The van der Waals surface area contributed by atoms with Gasteiger partial charge in [0.1, 0.15) is 0 Å². The fourth-order valence-corrected chi connectivity index (χ4v) is 2.61. The van der Waals surface area contributed by atoms with E-state index in [4.69, 9.17) is 5.73 Å². The lowest BCUT2D eigenvalue weighted by atomic mass is 9.96. The minimum absolute atomic E-state index is 0.212. The van der Waals surface area contributed by atoms with Gasteiger partial charge < -0.3 is 15.5 Å². The molecule has 0 radical (unpaired) electrons. The van der Waals surface area contributed by atoms with Gasteiger partial charge in [0, 0.05) is 31.9 Å². The Morgan fingerprint density at radius 3 is 2.79 bits per heavy atom. The van der Waals surface area contributed by atoms with Crippen molar-refractivity contribution in [2.45, 2.75) is 19.4 Å². The van der Waals surface area contributed by atoms with Gasteiger partial charge in [-0.05, 0) is 45.0 Å². The number of nitrogens with zero attached hydrogens (tertiary/aromatic N) is 3. The number of hydrogen-bond donors (Lipinski definition) is 1. The molecule has 0 aromatic carbocycles. The zero-order valence-electron chi connectivity index (χ0n) is 11.8. The Hall–Kier alpha value is -1.20. The summed E-state index contributed by atoms with van der Waals surface area (Å²) in [6, 6.07) is 1.64. The third-order valence-electron chi connectivity index (χ3n) is 3.90. The minimum Gasteiger partial charge on any atom is -0.357 e. The molecule has 0 spiro atoms. The Labute approximate surface area is 114 Å². The second-order valence-electron chi connectivity index (χ2n) is 5.44. The highest BCUT2D eigenvalue weighted by atomic mass is 19.1. The van der Waals surface area contributed by atoms with Gasteiger partial charge in [-0.15, -0.1) is 0 Å². The lowest BCUT2D eigenvalue weighted by molar-refractivity contribution is 0.222. The summed E-state index contributed by atoms with van der Waals surface area (Å²) in [6.45, 7) is 3.31. The average molecular weight is 266 g/mol. The van der Waals surface area contributed by atoms with E-state index in [1.165, 1.54) is 12.8 Å². The SMILES string of the molecule is CN1CCC(CN(C)c2nccc(CN)c2F)CC1. The van der Waals surface area contributed by atoms with E-state index < -0.39 is 0 Å². The molecule has 0 atom stereocenters. The molecule has 1 aliphatic rings. The molecular formula is C14H23FN4. The van der Waals surface area contributed by atoms with Crippen LogP contribution in [0.15, 0.2) is 12.3 Å². The Morgan fingerprint density at radius 2 is 2.16 bits per heavy atom. The predicted molar refractivity (Wildman–Crippen MR) is 75.6 cm³/mol. The summed E-state index contributed by atoms with van der Waals surface area (Å²) in [5.74, 6) is 0.756. The van der Waals surface area contributed by atoms with Crippen LogP contribution in [0.3, 0.4) is 0 Å². The molecule has 0 amide bonds. The van der Waals surface area contributed by atoms with Gasteiger partial charge in [0.15, 0.2) is 11.6 Å². The molecule has 0 saturated carbocycles. The first-order chi connectivity index (χ1) is 9.11. The fraction of sp³-hybridized carbons (Fsp3) is 0.643. The van der Waals surface area contributed by atoms with Crippen LogP contribution in [0.1, 0.15) is 18.4 Å². The molecule has 2 N–H and O–H groups in total. The number of hydrogen-bond acceptors (Lipinski definition) is 4. The molecular weight excluding hydrogens is 243 g/mol. The summed E-state index contributed by atoms with van der Waals surface area (Å²) < 4.78 is 14.1. The molecule has 1 saturated heterocycles. The predicted octanol–water partition coefficient (Wildman–Crippen LogP) is 1.46. The number of halogens is 1. The fourth-order valence-electron chi connectivity index (χ4n) is 2.61. The van der Waals surface area contributed by atoms with Gasteiger partial charge >= 0.3 is 0 Å². The largest absolute Gasteiger partial charge is 0.357 e. The normalized spacial score (nSPS) is 17.7. The van der Waals surface area contributed by atoms with E-state index in [1.54, 1.807) is 12.3 Å². The van der Waals surface area contributed by atoms with Gasteiger partial charge in [-0.1, -0.05) is 0 Å². The average Bonchev–Trinajstić information content (AvgIpc) is 2.41. The molecule has 2 rings (SSSR count). The van der Waals surface area contributed by atoms with Gasteiger partial charge in [0.25, 0.3) is 0 Å². The van der Waals surface area contributed by atoms with Crippen LogP contribution in [-0.4, -0.2) is 43.6 Å². The van der Waals surface area contributed by atoms with Crippen LogP contribution in [0.2, 0.25) is 0 Å². The van der Waals surface area contributed by atoms with E-state index in [2.05, 4.69) is 16.9 Å². The van der Waals surface area contributed by atoms with E-state index in [1.807, 2.05) is 11.9 Å². The summed E-state index contributed by atoms with van der Waals surface area (Å²) >= 11 is 0. The second kappa shape index (κ2) is 6.30. The first-order valence-corrected chi connectivity index (χ1v) is 6.85. The Kier molecular flexibility index (Phi) is 4.71. The van der Waals surface area contributed by atoms with Crippen molar-refractivity contribution in [1.82, 2.24) is 9.88 Å². The van der Waals surface area contributed by atoms with Crippen molar-refractivity contribution < 1.29 is 4.39 Å². The quantitative estimate of drug-likeness (QED) is 0.896. The number of pyridine rings is 1. The summed E-state index contributed by atoms with van der Waals surface area (Å²) in [6.07, 6.45) is 3.96. The highest BCUT2D eigenvalue weighted by molar-refractivity contribution is 5.42. The lowest BCUT2D eigenvalue weighted by Crippen LogP contribution is -2.36. The molecule has 1 fully saturated rings. The third kappa shape index (κ3) is 3.42. The summed E-state index contributed by atoms with van der Waals surface area (Å²) in [7, 11) is 4.05. The van der Waals surface area contributed by atoms with Crippen LogP contribution < -0.4 is 10.6 Å². The number of aromatic nitrogens is 1. The zero-order valence-corrected chi connectivity index (χ0v) is 11.8. The van der Waals surface area contributed by atoms with E-state index in [0.29, 0.717) is 17.3 Å². The van der Waals surface area contributed by atoms with Crippen LogP contribution >= 0.6 is 0 Å². The molecule has 1 aliphatic heterocycles. The van der Waals surface area contributed by atoms with Crippen LogP contribution in [0.5, 0.6) is 0 Å². The van der Waals surface area contributed by atoms with Crippen LogP contribution in [0.4, 0.5) is 10.2 Å². The van der Waals surface area contributed by atoms with Crippen molar-refractivity contribution in [2.75, 3.05) is 38.6 Å². The zero-order chi connectivity index (χ0) is 13.8. The molecule has 2 heterocycles. The van der Waals surface area contributed by atoms with Crippen LogP contribution in [0.25, 0.3) is 0 Å². The maximum absolute atomic E-state index is 14.1. The lowest BCUT2D eigenvalue weighted by Gasteiger charge is -2.32. The number of nitrogens with two attached hydrogens (primary N) is 1. The van der Waals surface area contributed by atoms with Crippen LogP contribution in [0, 0.1) is 11.7 Å². The number of anilines is 1. The maximum Gasteiger partial charge on any atom is 0.170 e. The molecule has 4 nitrogen and oxygen atoms in total. The number of likely N-dealkylation sites (tertiary alicyclic amines) is 1. The first kappa shape index (κ1) is 14.2. The van der Waals surface area contributed by atoms with E-state index in [-0.39, 0.29) is 12.4 Å². The van der Waals surface area contributed by atoms with E-state index in [9.17, 15) is 4.39 Å². The molecule has 1 aromatic rings. The molecule has 0 unspecified atom stereocenters. The second-order valence-corrected chi connectivity index (χ2v) is 5.44. The van der Waals surface area contributed by atoms with Gasteiger partial charge in [0.05, 0.1) is 0 Å². The summed E-state index contributed by atoms with van der Waals surface area (Å²) in [5.41, 5.74) is 6.06. The molecule has 0 aliphatic carbocycles. The van der Waals surface area contributed by atoms with Crippen molar-refractivity contribution in [1.29, 1.82) is 0 Å². The smallest absolute Gasteiger partial charge is 0.170 e. The van der Waals surface area contributed by atoms with Crippen molar-refractivity contribution in [3.8, 4) is 0 Å². The highest BCUT2D eigenvalue weighted by Gasteiger charge is 2.20. The Bertz CT molecular complexity index is 416. The standard InChI is InChI=1S/C14H23FN4/c1-18-7-4-11(5-8-18)10-19(2)14-13(15)12(9-16)3-6-17-14/h3,6,11H,4-5,7-10,16H2,1-2H3. The Morgan fingerprint density at radius 1 is 1.47 bits per heavy atom. The highest BCUT2D eigenvalue weighted by Crippen LogP contribution is 2.22. The first-order valence-electron chi connectivity index (χ1n) is 6.85. The van der Waals surface area contributed by atoms with E-state index >= 15 is 0 Å². The monoisotopic (exact) mass is 266 g/mol. The molecule has 106 valence electrons. The molecule has 1 aromatic heterocycles. The topological polar surface area (TPSA) is 45.4 Å². The Balaban J connectivity index is 2.01. The molecule has 19 heavy (non-hydrogen) atoms. The van der Waals surface area contributed by atoms with Crippen molar-refractivity contribution in [3.63, 3.8) is 0 Å². The van der Waals surface area contributed by atoms with Gasteiger partial charge in [-0.2, -0.15) is 0 Å². The van der Waals surface area contributed by atoms with Crippen LogP contribution in [-0.2, 0) is 6.54 Å². The van der Waals surface area contributed by atoms with Gasteiger partial charge in [0.2, 0.25) is 0 Å². The van der Waals surface area contributed by atoms with Crippen molar-refractivity contribution in [2.24, 2.45) is 11.7 Å². The maximum atomic E-state index is 14.1. The van der Waals surface area contributed by atoms with E-state index in [0.717, 1.165) is 19.6 Å². The number of rotatable bonds is 4. The molecule has 0 bridgehead atoms. The number of piperidine rings is 1. The summed E-state index contributed by atoms with van der Waals surface area (Å²) in [5, 5.41) is 0. The molecule has 5 heteroatoms. The van der Waals surface area contributed by atoms with Gasteiger partial charge in [-0.3, -0.25) is 0 Å². The minimum atomic E-state index is -0.277. The van der Waals surface area contributed by atoms with Crippen molar-refractivity contribution in [3.05, 3.63) is 23.6 Å². The summed E-state index contributed by atoms with van der Waals surface area (Å²) in [4.78, 5) is 8.41. The third-order valence-corrected chi connectivity index (χ3v) is 3.90. The van der Waals surface area contributed by atoms with Crippen molar-refractivity contribution >= 4 is 5.82 Å².